The van der Waals surface area contributed by atoms with Crippen LogP contribution in [0.2, 0.25) is 0 Å². The van der Waals surface area contributed by atoms with Crippen LogP contribution in [0.15, 0.2) is 37.0 Å². The van der Waals surface area contributed by atoms with Crippen LogP contribution >= 0.6 is 0 Å². The van der Waals surface area contributed by atoms with Gasteiger partial charge in [0.2, 0.25) is 0 Å². The highest BCUT2D eigenvalue weighted by molar-refractivity contribution is 4.97. The standard InChI is InChI=1S/C27H44/c1-3-5-7-23-8-10-24(11-9-23)12-13-25-16-20-27(21-17-25)26-18-14-22(6-4-2)15-19-26/h3-4,6,12-13,22-27H,1,5,7-11,14-21H2,2H3. The van der Waals surface area contributed by atoms with E-state index in [4.69, 9.17) is 0 Å². The van der Waals surface area contributed by atoms with Gasteiger partial charge >= 0.3 is 0 Å². The molecule has 0 aromatic carbocycles. The molecule has 0 nitrogen and oxygen atoms in total. The topological polar surface area (TPSA) is 0 Å². The van der Waals surface area contributed by atoms with Crippen molar-refractivity contribution in [1.29, 1.82) is 0 Å². The van der Waals surface area contributed by atoms with E-state index >= 15 is 0 Å². The smallest absolute Gasteiger partial charge is 0.0233 e. The highest BCUT2D eigenvalue weighted by Gasteiger charge is 2.29. The van der Waals surface area contributed by atoms with Crippen molar-refractivity contribution in [3.8, 4) is 0 Å². The third kappa shape index (κ3) is 6.65. The molecule has 3 fully saturated rings. The number of allylic oxidation sites excluding steroid dienone is 5. The zero-order valence-electron chi connectivity index (χ0n) is 18.0. The van der Waals surface area contributed by atoms with Crippen LogP contribution in [0.3, 0.4) is 0 Å². The quantitative estimate of drug-likeness (QED) is 0.395. The first kappa shape index (κ1) is 20.9. The summed E-state index contributed by atoms with van der Waals surface area (Å²) in [5.74, 6) is 5.72. The van der Waals surface area contributed by atoms with Crippen molar-refractivity contribution in [3.63, 3.8) is 0 Å². The second-order valence-electron chi connectivity index (χ2n) is 9.91. The third-order valence-corrected chi connectivity index (χ3v) is 8.09. The van der Waals surface area contributed by atoms with Gasteiger partial charge in [0.25, 0.3) is 0 Å². The van der Waals surface area contributed by atoms with Gasteiger partial charge in [-0.15, -0.1) is 6.58 Å². The minimum Gasteiger partial charge on any atom is -0.103 e. The lowest BCUT2D eigenvalue weighted by atomic mass is 9.69. The Hall–Kier alpha value is -0.780. The van der Waals surface area contributed by atoms with E-state index in [1.165, 1.54) is 89.9 Å². The van der Waals surface area contributed by atoms with Gasteiger partial charge < -0.3 is 0 Å². The molecule has 0 radical (unpaired) electrons. The molecule has 3 aliphatic carbocycles. The minimum absolute atomic E-state index is 0.879. The predicted molar refractivity (Wildman–Crippen MR) is 120 cm³/mol. The van der Waals surface area contributed by atoms with Crippen molar-refractivity contribution >= 4 is 0 Å². The molecule has 0 saturated heterocycles. The Morgan fingerprint density at radius 3 is 1.52 bits per heavy atom. The average molecular weight is 369 g/mol. The van der Waals surface area contributed by atoms with Crippen LogP contribution < -0.4 is 0 Å². The Morgan fingerprint density at radius 2 is 1.07 bits per heavy atom. The van der Waals surface area contributed by atoms with Gasteiger partial charge in [-0.05, 0) is 132 Å². The van der Waals surface area contributed by atoms with E-state index in [0.29, 0.717) is 0 Å². The van der Waals surface area contributed by atoms with E-state index in [1.807, 2.05) is 0 Å². The van der Waals surface area contributed by atoms with Crippen molar-refractivity contribution < 1.29 is 0 Å². The summed E-state index contributed by atoms with van der Waals surface area (Å²) in [6.07, 6.45) is 32.2. The van der Waals surface area contributed by atoms with E-state index in [-0.39, 0.29) is 0 Å². The SMILES string of the molecule is C=CCCC1CCC(C=CC2CCC(C3CCC(C=CC)CC3)CC2)CC1. The summed E-state index contributed by atoms with van der Waals surface area (Å²) >= 11 is 0. The molecule has 0 atom stereocenters. The first-order chi connectivity index (χ1) is 13.3. The molecule has 3 aliphatic rings. The van der Waals surface area contributed by atoms with Crippen LogP contribution in [-0.2, 0) is 0 Å². The maximum absolute atomic E-state index is 3.87. The van der Waals surface area contributed by atoms with Crippen LogP contribution in [0, 0.1) is 35.5 Å². The summed E-state index contributed by atoms with van der Waals surface area (Å²) in [4.78, 5) is 0. The van der Waals surface area contributed by atoms with Crippen LogP contribution in [0.25, 0.3) is 0 Å². The fourth-order valence-electron chi connectivity index (χ4n) is 6.23. The molecule has 0 aromatic rings. The Kier molecular flexibility index (Phi) is 8.75. The van der Waals surface area contributed by atoms with E-state index in [1.54, 1.807) is 0 Å². The number of hydrogen-bond donors (Lipinski definition) is 0. The summed E-state index contributed by atoms with van der Waals surface area (Å²) in [5, 5.41) is 0. The van der Waals surface area contributed by atoms with Crippen molar-refractivity contribution in [2.24, 2.45) is 35.5 Å². The van der Waals surface area contributed by atoms with Crippen LogP contribution in [-0.4, -0.2) is 0 Å². The molecular formula is C27H44. The molecule has 0 bridgehead atoms. The molecule has 0 spiro atoms. The normalized spacial score (nSPS) is 38.4. The van der Waals surface area contributed by atoms with Crippen LogP contribution in [0.1, 0.15) is 96.8 Å². The lowest BCUT2D eigenvalue weighted by molar-refractivity contribution is 0.166. The molecule has 0 heterocycles. The molecular weight excluding hydrogens is 324 g/mol. The molecule has 0 aliphatic heterocycles. The number of hydrogen-bond acceptors (Lipinski definition) is 0. The minimum atomic E-state index is 0.879. The van der Waals surface area contributed by atoms with E-state index in [9.17, 15) is 0 Å². The van der Waals surface area contributed by atoms with Gasteiger partial charge in [-0.2, -0.15) is 0 Å². The van der Waals surface area contributed by atoms with Gasteiger partial charge in [0.1, 0.15) is 0 Å². The Bertz CT molecular complexity index is 460. The Balaban J connectivity index is 1.33. The first-order valence-electron chi connectivity index (χ1n) is 12.2. The molecule has 0 aromatic heterocycles. The molecule has 3 rings (SSSR count). The largest absolute Gasteiger partial charge is 0.103 e. The first-order valence-corrected chi connectivity index (χ1v) is 12.2. The fraction of sp³-hybridized carbons (Fsp3) is 0.778. The summed E-state index contributed by atoms with van der Waals surface area (Å²) < 4.78 is 0. The van der Waals surface area contributed by atoms with Crippen molar-refractivity contribution in [3.05, 3.63) is 37.0 Å². The number of rotatable bonds is 7. The average Bonchev–Trinajstić information content (AvgIpc) is 2.73. The molecule has 0 N–H and O–H groups in total. The maximum Gasteiger partial charge on any atom is -0.0233 e. The van der Waals surface area contributed by atoms with Gasteiger partial charge in [-0.1, -0.05) is 30.4 Å². The summed E-state index contributed by atoms with van der Waals surface area (Å²) in [7, 11) is 0. The molecule has 0 amide bonds. The van der Waals surface area contributed by atoms with Crippen molar-refractivity contribution in [1.82, 2.24) is 0 Å². The van der Waals surface area contributed by atoms with Gasteiger partial charge in [0, 0.05) is 0 Å². The summed E-state index contributed by atoms with van der Waals surface area (Å²) in [6, 6.07) is 0. The molecule has 0 unspecified atom stereocenters. The van der Waals surface area contributed by atoms with E-state index in [0.717, 1.165) is 35.5 Å². The third-order valence-electron chi connectivity index (χ3n) is 8.09. The molecule has 3 saturated carbocycles. The van der Waals surface area contributed by atoms with Gasteiger partial charge in [-0.25, -0.2) is 0 Å². The van der Waals surface area contributed by atoms with Crippen LogP contribution in [0.4, 0.5) is 0 Å². The highest BCUT2D eigenvalue weighted by atomic mass is 14.3. The second-order valence-corrected chi connectivity index (χ2v) is 9.91. The lowest BCUT2D eigenvalue weighted by Gasteiger charge is -2.37. The van der Waals surface area contributed by atoms with E-state index in [2.05, 4.69) is 43.9 Å². The monoisotopic (exact) mass is 368 g/mol. The molecule has 152 valence electrons. The zero-order valence-corrected chi connectivity index (χ0v) is 18.0. The molecule has 27 heavy (non-hydrogen) atoms. The fourth-order valence-corrected chi connectivity index (χ4v) is 6.23. The van der Waals surface area contributed by atoms with Gasteiger partial charge in [0.15, 0.2) is 0 Å². The summed E-state index contributed by atoms with van der Waals surface area (Å²) in [6.45, 7) is 6.05. The van der Waals surface area contributed by atoms with Crippen molar-refractivity contribution in [2.45, 2.75) is 96.8 Å². The summed E-state index contributed by atoms with van der Waals surface area (Å²) in [5.41, 5.74) is 0. The maximum atomic E-state index is 3.87. The second kappa shape index (κ2) is 11.3. The lowest BCUT2D eigenvalue weighted by Crippen LogP contribution is -2.25. The molecule has 0 heteroatoms. The van der Waals surface area contributed by atoms with E-state index < -0.39 is 0 Å². The van der Waals surface area contributed by atoms with Gasteiger partial charge in [-0.3, -0.25) is 0 Å². The Labute approximate surface area is 169 Å². The Morgan fingerprint density at radius 1 is 0.630 bits per heavy atom. The zero-order chi connectivity index (χ0) is 18.9. The highest BCUT2D eigenvalue weighted by Crippen LogP contribution is 2.42. The predicted octanol–water partition coefficient (Wildman–Crippen LogP) is 8.50. The van der Waals surface area contributed by atoms with Crippen LogP contribution in [0.5, 0.6) is 0 Å². The van der Waals surface area contributed by atoms with Gasteiger partial charge in [0.05, 0.1) is 0 Å². The van der Waals surface area contributed by atoms with Crippen molar-refractivity contribution in [2.75, 3.05) is 0 Å².